The first kappa shape index (κ1) is 13.8. The van der Waals surface area contributed by atoms with Gasteiger partial charge in [-0.3, -0.25) is 0 Å². The third kappa shape index (κ3) is 2.44. The van der Waals surface area contributed by atoms with E-state index in [1.165, 1.54) is 10.8 Å². The molecule has 0 aromatic heterocycles. The van der Waals surface area contributed by atoms with Crippen LogP contribution >= 0.6 is 0 Å². The normalized spacial score (nSPS) is 11.8. The van der Waals surface area contributed by atoms with Crippen LogP contribution in [0, 0.1) is 0 Å². The molecular weight excluding hydrogens is 236 g/mol. The van der Waals surface area contributed by atoms with E-state index in [4.69, 9.17) is 5.73 Å². The van der Waals surface area contributed by atoms with Crippen molar-refractivity contribution in [3.8, 4) is 0 Å². The van der Waals surface area contributed by atoms with E-state index in [2.05, 4.69) is 29.2 Å². The van der Waals surface area contributed by atoms with Gasteiger partial charge in [-0.1, -0.05) is 30.3 Å². The lowest BCUT2D eigenvalue weighted by Gasteiger charge is -2.36. The van der Waals surface area contributed by atoms with Gasteiger partial charge in [0.05, 0.1) is 12.1 Å². The molecule has 3 heteroatoms. The van der Waals surface area contributed by atoms with Crippen LogP contribution in [0.2, 0.25) is 0 Å². The van der Waals surface area contributed by atoms with Gasteiger partial charge < -0.3 is 15.7 Å². The van der Waals surface area contributed by atoms with Crippen LogP contribution in [0.4, 0.5) is 5.69 Å². The van der Waals surface area contributed by atoms with Crippen molar-refractivity contribution in [2.24, 2.45) is 5.73 Å². The molecule has 0 radical (unpaired) electrons. The molecule has 0 aliphatic rings. The van der Waals surface area contributed by atoms with E-state index in [9.17, 15) is 5.11 Å². The van der Waals surface area contributed by atoms with E-state index in [1.807, 2.05) is 33.0 Å². The maximum absolute atomic E-state index is 9.54. The van der Waals surface area contributed by atoms with E-state index in [1.54, 1.807) is 0 Å². The number of rotatable bonds is 4. The number of aliphatic hydroxyl groups is 1. The van der Waals surface area contributed by atoms with E-state index in [0.29, 0.717) is 6.54 Å². The molecule has 2 aromatic carbocycles. The lowest BCUT2D eigenvalue weighted by Crippen LogP contribution is -2.44. The number of hydrogen-bond acceptors (Lipinski definition) is 3. The molecule has 102 valence electrons. The summed E-state index contributed by atoms with van der Waals surface area (Å²) in [5.41, 5.74) is 7.77. The van der Waals surface area contributed by atoms with Crippen LogP contribution in [0.3, 0.4) is 0 Å². The van der Waals surface area contributed by atoms with Crippen molar-refractivity contribution in [2.45, 2.75) is 25.9 Å². The van der Waals surface area contributed by atoms with Gasteiger partial charge in [0.2, 0.25) is 0 Å². The van der Waals surface area contributed by atoms with Crippen LogP contribution in [0.5, 0.6) is 0 Å². The molecule has 0 spiro atoms. The summed E-state index contributed by atoms with van der Waals surface area (Å²) in [4.78, 5) is 2.12. The van der Waals surface area contributed by atoms with Gasteiger partial charge in [-0.25, -0.2) is 0 Å². The van der Waals surface area contributed by atoms with E-state index >= 15 is 0 Å². The number of aliphatic hydroxyl groups excluding tert-OH is 1. The largest absolute Gasteiger partial charge is 0.394 e. The molecule has 0 bridgehead atoms. The lowest BCUT2D eigenvalue weighted by molar-refractivity contribution is 0.216. The van der Waals surface area contributed by atoms with Crippen molar-refractivity contribution in [3.05, 3.63) is 42.0 Å². The van der Waals surface area contributed by atoms with Crippen LogP contribution in [-0.4, -0.2) is 24.3 Å². The third-order valence-corrected chi connectivity index (χ3v) is 3.87. The maximum Gasteiger partial charge on any atom is 0.0658 e. The summed E-state index contributed by atoms with van der Waals surface area (Å²) in [5, 5.41) is 11.9. The summed E-state index contributed by atoms with van der Waals surface area (Å²) in [7, 11) is 2.01. The fraction of sp³-hybridized carbons (Fsp3) is 0.375. The van der Waals surface area contributed by atoms with Crippen molar-refractivity contribution in [3.63, 3.8) is 0 Å². The average Bonchev–Trinajstić information content (AvgIpc) is 2.45. The molecule has 0 fully saturated rings. The Morgan fingerprint density at radius 1 is 1.11 bits per heavy atom. The Balaban J connectivity index is 2.63. The molecule has 0 unspecified atom stereocenters. The highest BCUT2D eigenvalue weighted by Gasteiger charge is 2.24. The first-order chi connectivity index (χ1) is 9.01. The molecule has 2 aromatic rings. The van der Waals surface area contributed by atoms with Crippen molar-refractivity contribution in [1.82, 2.24) is 0 Å². The van der Waals surface area contributed by atoms with Gasteiger partial charge >= 0.3 is 0 Å². The van der Waals surface area contributed by atoms with Crippen LogP contribution < -0.4 is 10.6 Å². The predicted octanol–water partition coefficient (Wildman–Crippen LogP) is 2.51. The van der Waals surface area contributed by atoms with E-state index < -0.39 is 0 Å². The minimum Gasteiger partial charge on any atom is -0.394 e. The summed E-state index contributed by atoms with van der Waals surface area (Å²) >= 11 is 0. The van der Waals surface area contributed by atoms with Crippen LogP contribution in [0.15, 0.2) is 36.4 Å². The molecule has 0 heterocycles. The molecule has 3 N–H and O–H groups in total. The minimum atomic E-state index is -0.299. The SMILES string of the molecule is CN(c1ccc(CN)c2ccccc12)C(C)(C)CO. The second-order valence-electron chi connectivity index (χ2n) is 5.52. The van der Waals surface area contributed by atoms with Crippen molar-refractivity contribution < 1.29 is 5.11 Å². The van der Waals surface area contributed by atoms with Crippen molar-refractivity contribution in [2.75, 3.05) is 18.6 Å². The van der Waals surface area contributed by atoms with Gasteiger partial charge in [-0.2, -0.15) is 0 Å². The molecule has 0 aliphatic carbocycles. The van der Waals surface area contributed by atoms with E-state index in [-0.39, 0.29) is 12.1 Å². The number of fused-ring (bicyclic) bond motifs is 1. The summed E-state index contributed by atoms with van der Waals surface area (Å²) in [6.45, 7) is 4.70. The summed E-state index contributed by atoms with van der Waals surface area (Å²) < 4.78 is 0. The Labute approximate surface area is 114 Å². The zero-order chi connectivity index (χ0) is 14.0. The zero-order valence-electron chi connectivity index (χ0n) is 11.9. The molecule has 0 saturated heterocycles. The number of likely N-dealkylation sites (N-methyl/N-ethyl adjacent to an activating group) is 1. The van der Waals surface area contributed by atoms with Crippen molar-refractivity contribution in [1.29, 1.82) is 0 Å². The first-order valence-corrected chi connectivity index (χ1v) is 6.56. The number of anilines is 1. The monoisotopic (exact) mass is 258 g/mol. The Kier molecular flexibility index (Phi) is 3.78. The smallest absolute Gasteiger partial charge is 0.0658 e. The van der Waals surface area contributed by atoms with Gasteiger partial charge in [-0.05, 0) is 30.9 Å². The Bertz CT molecular complexity index is 578. The lowest BCUT2D eigenvalue weighted by atomic mass is 9.98. The fourth-order valence-corrected chi connectivity index (χ4v) is 2.25. The van der Waals surface area contributed by atoms with Crippen LogP contribution in [0.25, 0.3) is 10.8 Å². The predicted molar refractivity (Wildman–Crippen MR) is 81.4 cm³/mol. The Morgan fingerprint density at radius 3 is 2.32 bits per heavy atom. The minimum absolute atomic E-state index is 0.108. The molecule has 2 rings (SSSR count). The Morgan fingerprint density at radius 2 is 1.74 bits per heavy atom. The highest BCUT2D eigenvalue weighted by molar-refractivity contribution is 5.96. The maximum atomic E-state index is 9.54. The van der Waals surface area contributed by atoms with Crippen LogP contribution in [0.1, 0.15) is 19.4 Å². The first-order valence-electron chi connectivity index (χ1n) is 6.56. The quantitative estimate of drug-likeness (QED) is 0.886. The van der Waals surface area contributed by atoms with Gasteiger partial charge in [0.25, 0.3) is 0 Å². The number of nitrogens with zero attached hydrogens (tertiary/aromatic N) is 1. The zero-order valence-corrected chi connectivity index (χ0v) is 11.9. The summed E-state index contributed by atoms with van der Waals surface area (Å²) in [6, 6.07) is 12.4. The Hall–Kier alpha value is -1.58. The highest BCUT2D eigenvalue weighted by Crippen LogP contribution is 2.32. The van der Waals surface area contributed by atoms with Gasteiger partial charge in [0, 0.05) is 24.7 Å². The number of hydrogen-bond donors (Lipinski definition) is 2. The second kappa shape index (κ2) is 5.19. The molecular formula is C16H22N2O. The van der Waals surface area contributed by atoms with Crippen LogP contribution in [-0.2, 0) is 6.54 Å². The third-order valence-electron chi connectivity index (χ3n) is 3.87. The molecule has 19 heavy (non-hydrogen) atoms. The molecule has 0 aliphatic heterocycles. The second-order valence-corrected chi connectivity index (χ2v) is 5.52. The molecule has 0 amide bonds. The standard InChI is InChI=1S/C16H22N2O/c1-16(2,11-19)18(3)15-9-8-12(10-17)13-6-4-5-7-14(13)15/h4-9,19H,10-11,17H2,1-3H3. The number of nitrogens with two attached hydrogens (primary N) is 1. The summed E-state index contributed by atoms with van der Waals surface area (Å²) in [6.07, 6.45) is 0. The van der Waals surface area contributed by atoms with Crippen molar-refractivity contribution >= 4 is 16.5 Å². The van der Waals surface area contributed by atoms with Gasteiger partial charge in [0.1, 0.15) is 0 Å². The molecule has 3 nitrogen and oxygen atoms in total. The van der Waals surface area contributed by atoms with E-state index in [0.717, 1.165) is 11.3 Å². The topological polar surface area (TPSA) is 49.5 Å². The molecule has 0 atom stereocenters. The molecule has 0 saturated carbocycles. The summed E-state index contributed by atoms with van der Waals surface area (Å²) in [5.74, 6) is 0. The number of benzene rings is 2. The fourth-order valence-electron chi connectivity index (χ4n) is 2.25. The van der Waals surface area contributed by atoms with Gasteiger partial charge in [0.15, 0.2) is 0 Å². The average molecular weight is 258 g/mol. The highest BCUT2D eigenvalue weighted by atomic mass is 16.3. The van der Waals surface area contributed by atoms with Gasteiger partial charge in [-0.15, -0.1) is 0 Å².